The Hall–Kier alpha value is -1.60. The van der Waals surface area contributed by atoms with E-state index >= 15 is 0 Å². The van der Waals surface area contributed by atoms with E-state index in [9.17, 15) is 4.79 Å². The summed E-state index contributed by atoms with van der Waals surface area (Å²) in [4.78, 5) is 14.0. The highest BCUT2D eigenvalue weighted by Crippen LogP contribution is 2.43. The Labute approximate surface area is 149 Å². The highest BCUT2D eigenvalue weighted by atomic mass is 79.9. The number of nitrogens with one attached hydrogen (secondary N) is 2. The van der Waals surface area contributed by atoms with Gasteiger partial charge in [-0.1, -0.05) is 22.9 Å². The number of hydrazone groups is 1. The van der Waals surface area contributed by atoms with Gasteiger partial charge in [0.05, 0.1) is 5.69 Å². The molecule has 3 aliphatic heterocycles. The van der Waals surface area contributed by atoms with Crippen LogP contribution in [0.3, 0.4) is 0 Å². The van der Waals surface area contributed by atoms with E-state index in [4.69, 9.17) is 4.74 Å². The summed E-state index contributed by atoms with van der Waals surface area (Å²) in [5, 5.41) is 7.61. The molecule has 6 nitrogen and oxygen atoms in total. The molecule has 1 fully saturated rings. The van der Waals surface area contributed by atoms with Crippen molar-refractivity contribution in [2.45, 2.75) is 32.2 Å². The third kappa shape index (κ3) is 2.50. The van der Waals surface area contributed by atoms with Crippen LogP contribution in [0.5, 0.6) is 5.75 Å². The number of anilines is 1. The van der Waals surface area contributed by atoms with Gasteiger partial charge in [0.2, 0.25) is 0 Å². The predicted molar refractivity (Wildman–Crippen MR) is 96.5 cm³/mol. The Morgan fingerprint density at radius 2 is 2.21 bits per heavy atom. The Kier molecular flexibility index (Phi) is 4.00. The second-order valence-electron chi connectivity index (χ2n) is 6.76. The van der Waals surface area contributed by atoms with Crippen LogP contribution in [0, 0.1) is 5.92 Å². The van der Waals surface area contributed by atoms with Crippen molar-refractivity contribution in [3.8, 4) is 5.75 Å². The van der Waals surface area contributed by atoms with E-state index in [0.29, 0.717) is 18.4 Å². The maximum Gasteiger partial charge on any atom is 0.262 e. The number of amides is 1. The molecular weight excluding hydrogens is 372 g/mol. The lowest BCUT2D eigenvalue weighted by Crippen LogP contribution is -2.55. The Morgan fingerprint density at radius 1 is 1.38 bits per heavy atom. The number of amidine groups is 1. The zero-order valence-corrected chi connectivity index (χ0v) is 15.4. The molecule has 1 saturated heterocycles. The van der Waals surface area contributed by atoms with Crippen LogP contribution in [0.15, 0.2) is 21.7 Å². The number of nitrogens with zero attached hydrogens (tertiary/aromatic N) is 2. The van der Waals surface area contributed by atoms with Gasteiger partial charge in [-0.3, -0.25) is 4.79 Å². The van der Waals surface area contributed by atoms with Gasteiger partial charge >= 0.3 is 0 Å². The monoisotopic (exact) mass is 392 g/mol. The Morgan fingerprint density at radius 3 is 3.00 bits per heavy atom. The molecule has 24 heavy (non-hydrogen) atoms. The van der Waals surface area contributed by atoms with E-state index in [2.05, 4.69) is 44.8 Å². The van der Waals surface area contributed by atoms with Crippen molar-refractivity contribution in [3.63, 3.8) is 0 Å². The minimum absolute atomic E-state index is 0.0914. The molecule has 4 rings (SSSR count). The Bertz CT molecular complexity index is 721. The second kappa shape index (κ2) is 6.04. The second-order valence-corrected chi connectivity index (χ2v) is 7.61. The van der Waals surface area contributed by atoms with Gasteiger partial charge in [0.25, 0.3) is 5.91 Å². The molecule has 1 amide bonds. The fourth-order valence-electron chi connectivity index (χ4n) is 3.82. The molecule has 0 spiro atoms. The van der Waals surface area contributed by atoms with E-state index in [1.165, 1.54) is 5.56 Å². The molecule has 128 valence electrons. The Balaban J connectivity index is 1.79. The quantitative estimate of drug-likeness (QED) is 0.768. The maximum absolute atomic E-state index is 12.0. The number of piperidine rings is 1. The standard InChI is InChI=1S/C17H21BrN4O2/c1-9-7-19-4-3-11(9)12-5-14-15(6-13(12)18)24-8-16-20-21-17(23)10(2)22(14)16/h5-6,9-11,19H,3-4,7-8H2,1-2H3,(H,21,23). The summed E-state index contributed by atoms with van der Waals surface area (Å²) in [7, 11) is 0. The van der Waals surface area contributed by atoms with Gasteiger partial charge in [0.1, 0.15) is 18.4 Å². The van der Waals surface area contributed by atoms with E-state index < -0.39 is 0 Å². The van der Waals surface area contributed by atoms with Gasteiger partial charge in [0.15, 0.2) is 5.84 Å². The van der Waals surface area contributed by atoms with Crippen molar-refractivity contribution in [1.82, 2.24) is 10.7 Å². The summed E-state index contributed by atoms with van der Waals surface area (Å²) in [5.41, 5.74) is 4.79. The largest absolute Gasteiger partial charge is 0.483 e. The first-order chi connectivity index (χ1) is 11.6. The lowest BCUT2D eigenvalue weighted by atomic mass is 9.82. The number of hydrogen-bond acceptors (Lipinski definition) is 5. The van der Waals surface area contributed by atoms with Gasteiger partial charge in [-0.05, 0) is 56.0 Å². The van der Waals surface area contributed by atoms with Crippen molar-refractivity contribution >= 4 is 33.4 Å². The molecule has 0 aromatic heterocycles. The van der Waals surface area contributed by atoms with Gasteiger partial charge in [-0.25, -0.2) is 5.43 Å². The molecular formula is C17H21BrN4O2. The third-order valence-electron chi connectivity index (χ3n) is 5.22. The van der Waals surface area contributed by atoms with Crippen LogP contribution in [-0.4, -0.2) is 37.5 Å². The molecule has 0 bridgehead atoms. The van der Waals surface area contributed by atoms with E-state index in [-0.39, 0.29) is 11.9 Å². The molecule has 0 saturated carbocycles. The highest BCUT2D eigenvalue weighted by Gasteiger charge is 2.36. The number of hydrogen-bond donors (Lipinski definition) is 2. The van der Waals surface area contributed by atoms with Crippen molar-refractivity contribution in [2.75, 3.05) is 24.6 Å². The van der Waals surface area contributed by atoms with Crippen molar-refractivity contribution in [2.24, 2.45) is 11.0 Å². The average molecular weight is 393 g/mol. The average Bonchev–Trinajstić information content (AvgIpc) is 2.58. The number of rotatable bonds is 1. The normalized spacial score (nSPS) is 29.1. The number of fused-ring (bicyclic) bond motifs is 3. The van der Waals surface area contributed by atoms with Crippen LogP contribution in [0.4, 0.5) is 5.69 Å². The molecule has 2 N–H and O–H groups in total. The first-order valence-electron chi connectivity index (χ1n) is 8.39. The SMILES string of the molecule is CC1CNCCC1c1cc2c(cc1Br)OCC1=NNC(=O)C(C)N12. The molecule has 3 atom stereocenters. The number of carbonyl (C=O) groups excluding carboxylic acids is 1. The first kappa shape index (κ1) is 15.9. The van der Waals surface area contributed by atoms with Crippen LogP contribution < -0.4 is 20.4 Å². The predicted octanol–water partition coefficient (Wildman–Crippen LogP) is 2.19. The zero-order chi connectivity index (χ0) is 16.8. The molecule has 7 heteroatoms. The van der Waals surface area contributed by atoms with Crippen molar-refractivity contribution in [3.05, 3.63) is 22.2 Å². The molecule has 1 aromatic rings. The van der Waals surface area contributed by atoms with Gasteiger partial charge in [-0.2, -0.15) is 5.10 Å². The highest BCUT2D eigenvalue weighted by molar-refractivity contribution is 9.10. The summed E-state index contributed by atoms with van der Waals surface area (Å²) >= 11 is 3.72. The number of halogens is 1. The molecule has 3 aliphatic rings. The summed E-state index contributed by atoms with van der Waals surface area (Å²) in [6.45, 7) is 6.61. The smallest absolute Gasteiger partial charge is 0.262 e. The molecule has 3 heterocycles. The van der Waals surface area contributed by atoms with E-state index in [1.54, 1.807) is 0 Å². The van der Waals surface area contributed by atoms with E-state index in [0.717, 1.165) is 41.3 Å². The molecule has 1 aromatic carbocycles. The fraction of sp³-hybridized carbons (Fsp3) is 0.529. The molecule has 0 aliphatic carbocycles. The topological polar surface area (TPSA) is 66.0 Å². The van der Waals surface area contributed by atoms with Gasteiger partial charge in [0, 0.05) is 4.47 Å². The summed E-state index contributed by atoms with van der Waals surface area (Å²) in [6.07, 6.45) is 1.11. The molecule has 0 radical (unpaired) electrons. The third-order valence-corrected chi connectivity index (χ3v) is 5.91. The minimum atomic E-state index is -0.292. The van der Waals surface area contributed by atoms with Crippen LogP contribution in [0.1, 0.15) is 31.7 Å². The van der Waals surface area contributed by atoms with Crippen LogP contribution in [-0.2, 0) is 4.79 Å². The first-order valence-corrected chi connectivity index (χ1v) is 9.18. The summed E-state index contributed by atoms with van der Waals surface area (Å²) in [5.74, 6) is 2.51. The van der Waals surface area contributed by atoms with Crippen molar-refractivity contribution < 1.29 is 9.53 Å². The maximum atomic E-state index is 12.0. The summed E-state index contributed by atoms with van der Waals surface area (Å²) < 4.78 is 6.94. The van der Waals surface area contributed by atoms with Crippen LogP contribution in [0.2, 0.25) is 0 Å². The van der Waals surface area contributed by atoms with Crippen LogP contribution in [0.25, 0.3) is 0 Å². The lowest BCUT2D eigenvalue weighted by Gasteiger charge is -2.39. The molecule has 3 unspecified atom stereocenters. The minimum Gasteiger partial charge on any atom is -0.483 e. The van der Waals surface area contributed by atoms with Crippen LogP contribution >= 0.6 is 15.9 Å². The fourth-order valence-corrected chi connectivity index (χ4v) is 4.44. The van der Waals surface area contributed by atoms with Gasteiger partial charge in [-0.15, -0.1) is 0 Å². The number of carbonyl (C=O) groups is 1. The van der Waals surface area contributed by atoms with E-state index in [1.807, 2.05) is 17.9 Å². The van der Waals surface area contributed by atoms with Gasteiger partial charge < -0.3 is 15.0 Å². The lowest BCUT2D eigenvalue weighted by molar-refractivity contribution is -0.122. The zero-order valence-electron chi connectivity index (χ0n) is 13.8. The summed E-state index contributed by atoms with van der Waals surface area (Å²) in [6, 6.07) is 3.92. The van der Waals surface area contributed by atoms with Crippen molar-refractivity contribution in [1.29, 1.82) is 0 Å². The number of ether oxygens (including phenoxy) is 1. The number of benzene rings is 1.